The van der Waals surface area contributed by atoms with Crippen molar-refractivity contribution in [2.24, 2.45) is 0 Å². The van der Waals surface area contributed by atoms with E-state index in [4.69, 9.17) is 9.47 Å². The second-order valence-corrected chi connectivity index (χ2v) is 5.69. The number of benzene rings is 1. The van der Waals surface area contributed by atoms with Crippen LogP contribution in [0.1, 0.15) is 25.7 Å². The van der Waals surface area contributed by atoms with Gasteiger partial charge in [0.1, 0.15) is 0 Å². The average Bonchev–Trinajstić information content (AvgIpc) is 2.85. The van der Waals surface area contributed by atoms with Crippen molar-refractivity contribution in [2.75, 3.05) is 38.0 Å². The molecule has 2 aliphatic rings. The molecule has 0 bridgehead atoms. The number of hydrogen-bond donors (Lipinski definition) is 1. The van der Waals surface area contributed by atoms with E-state index < -0.39 is 0 Å². The maximum Gasteiger partial charge on any atom is 0.162 e. The summed E-state index contributed by atoms with van der Waals surface area (Å²) in [6.07, 6.45) is 5.16. The topological polar surface area (TPSA) is 33.7 Å². The fourth-order valence-corrected chi connectivity index (χ4v) is 3.48. The fraction of sp³-hybridized carbons (Fsp3) is 0.600. The molecule has 4 heteroatoms. The van der Waals surface area contributed by atoms with Gasteiger partial charge in [-0.25, -0.2) is 0 Å². The molecule has 0 atom stereocenters. The standard InChI is InChI=1S/C15H22N2O2/c1-17-10-15(6-4-5-7-15)16-11-8-13(18-2)14(19-3)9-12(11)17/h8-9,16H,4-7,10H2,1-3H3. The van der Waals surface area contributed by atoms with Crippen molar-refractivity contribution in [3.8, 4) is 11.5 Å². The van der Waals surface area contributed by atoms with Gasteiger partial charge in [-0.2, -0.15) is 0 Å². The first kappa shape index (κ1) is 12.5. The van der Waals surface area contributed by atoms with Gasteiger partial charge in [0.25, 0.3) is 0 Å². The van der Waals surface area contributed by atoms with E-state index >= 15 is 0 Å². The molecule has 0 unspecified atom stereocenters. The molecule has 4 nitrogen and oxygen atoms in total. The molecule has 1 saturated carbocycles. The van der Waals surface area contributed by atoms with Crippen molar-refractivity contribution in [3.63, 3.8) is 0 Å². The summed E-state index contributed by atoms with van der Waals surface area (Å²) in [5, 5.41) is 3.75. The summed E-state index contributed by atoms with van der Waals surface area (Å²) in [6, 6.07) is 4.12. The summed E-state index contributed by atoms with van der Waals surface area (Å²) in [7, 11) is 5.52. The van der Waals surface area contributed by atoms with Gasteiger partial charge in [0.05, 0.1) is 31.1 Å². The minimum Gasteiger partial charge on any atom is -0.493 e. The molecule has 0 amide bonds. The number of nitrogens with zero attached hydrogens (tertiary/aromatic N) is 1. The SMILES string of the molecule is COc1cc2c(cc1OC)N(C)CC1(CCCC1)N2. The summed E-state index contributed by atoms with van der Waals surface area (Å²) in [5.41, 5.74) is 2.60. The van der Waals surface area contributed by atoms with Crippen LogP contribution in [0.5, 0.6) is 11.5 Å². The Morgan fingerprint density at radius 3 is 2.37 bits per heavy atom. The van der Waals surface area contributed by atoms with Crippen LogP contribution in [0, 0.1) is 0 Å². The van der Waals surface area contributed by atoms with Crippen molar-refractivity contribution in [1.82, 2.24) is 0 Å². The highest BCUT2D eigenvalue weighted by molar-refractivity contribution is 5.78. The molecule has 1 aliphatic carbocycles. The predicted molar refractivity (Wildman–Crippen MR) is 77.6 cm³/mol. The molecule has 0 radical (unpaired) electrons. The van der Waals surface area contributed by atoms with Gasteiger partial charge in [0.15, 0.2) is 11.5 Å². The van der Waals surface area contributed by atoms with Crippen LogP contribution in [-0.4, -0.2) is 33.4 Å². The molecule has 1 aromatic carbocycles. The minimum atomic E-state index is 0.251. The Labute approximate surface area is 114 Å². The quantitative estimate of drug-likeness (QED) is 0.888. The van der Waals surface area contributed by atoms with Crippen molar-refractivity contribution >= 4 is 11.4 Å². The Kier molecular flexibility index (Phi) is 2.96. The summed E-state index contributed by atoms with van der Waals surface area (Å²) in [5.74, 6) is 1.58. The largest absolute Gasteiger partial charge is 0.493 e. The molecule has 1 fully saturated rings. The van der Waals surface area contributed by atoms with E-state index in [2.05, 4.69) is 29.4 Å². The maximum atomic E-state index is 5.41. The van der Waals surface area contributed by atoms with Crippen molar-refractivity contribution in [3.05, 3.63) is 12.1 Å². The smallest absolute Gasteiger partial charge is 0.162 e. The monoisotopic (exact) mass is 262 g/mol. The zero-order valence-electron chi connectivity index (χ0n) is 12.0. The van der Waals surface area contributed by atoms with Crippen LogP contribution < -0.4 is 19.7 Å². The molecule has 1 spiro atoms. The highest BCUT2D eigenvalue weighted by Crippen LogP contribution is 2.45. The third-order valence-electron chi connectivity index (χ3n) is 4.41. The molecule has 1 aromatic rings. The Bertz CT molecular complexity index is 481. The third kappa shape index (κ3) is 1.99. The van der Waals surface area contributed by atoms with Gasteiger partial charge in [-0.05, 0) is 12.8 Å². The Morgan fingerprint density at radius 1 is 1.11 bits per heavy atom. The van der Waals surface area contributed by atoms with E-state index in [1.165, 1.54) is 31.4 Å². The molecule has 0 aromatic heterocycles. The van der Waals surface area contributed by atoms with Crippen LogP contribution in [0.2, 0.25) is 0 Å². The lowest BCUT2D eigenvalue weighted by atomic mass is 9.93. The Hall–Kier alpha value is -1.58. The van der Waals surface area contributed by atoms with E-state index in [1.807, 2.05) is 0 Å². The highest BCUT2D eigenvalue weighted by Gasteiger charge is 2.39. The first-order valence-corrected chi connectivity index (χ1v) is 6.93. The van der Waals surface area contributed by atoms with Crippen LogP contribution in [0.25, 0.3) is 0 Å². The normalized spacial score (nSPS) is 20.1. The zero-order chi connectivity index (χ0) is 13.5. The predicted octanol–water partition coefficient (Wildman–Crippen LogP) is 2.88. The molecule has 1 aliphatic heterocycles. The molecule has 0 saturated heterocycles. The van der Waals surface area contributed by atoms with Crippen molar-refractivity contribution < 1.29 is 9.47 Å². The van der Waals surface area contributed by atoms with E-state index in [0.29, 0.717) is 0 Å². The number of nitrogens with one attached hydrogen (secondary N) is 1. The van der Waals surface area contributed by atoms with E-state index in [-0.39, 0.29) is 5.54 Å². The molecule has 1 heterocycles. The summed E-state index contributed by atoms with van der Waals surface area (Å²) in [4.78, 5) is 2.33. The van der Waals surface area contributed by atoms with Crippen LogP contribution >= 0.6 is 0 Å². The van der Waals surface area contributed by atoms with E-state index in [9.17, 15) is 0 Å². The van der Waals surface area contributed by atoms with Crippen molar-refractivity contribution in [2.45, 2.75) is 31.2 Å². The van der Waals surface area contributed by atoms with Gasteiger partial charge in [0.2, 0.25) is 0 Å². The lowest BCUT2D eigenvalue weighted by Gasteiger charge is -2.42. The van der Waals surface area contributed by atoms with Gasteiger partial charge in [-0.15, -0.1) is 0 Å². The van der Waals surface area contributed by atoms with Gasteiger partial charge < -0.3 is 19.7 Å². The number of hydrogen-bond acceptors (Lipinski definition) is 4. The minimum absolute atomic E-state index is 0.251. The number of likely N-dealkylation sites (N-methyl/N-ethyl adjacent to an activating group) is 1. The van der Waals surface area contributed by atoms with Gasteiger partial charge in [-0.1, -0.05) is 12.8 Å². The lowest BCUT2D eigenvalue weighted by Crippen LogP contribution is -2.49. The van der Waals surface area contributed by atoms with Crippen LogP contribution in [0.15, 0.2) is 12.1 Å². The second-order valence-electron chi connectivity index (χ2n) is 5.69. The number of fused-ring (bicyclic) bond motifs is 1. The molecule has 19 heavy (non-hydrogen) atoms. The Morgan fingerprint density at radius 2 is 1.74 bits per heavy atom. The zero-order valence-corrected chi connectivity index (χ0v) is 12.0. The Balaban J connectivity index is 2.02. The molecule has 104 valence electrons. The van der Waals surface area contributed by atoms with Gasteiger partial charge in [0, 0.05) is 25.7 Å². The van der Waals surface area contributed by atoms with Gasteiger partial charge >= 0.3 is 0 Å². The number of ether oxygens (including phenoxy) is 2. The average molecular weight is 262 g/mol. The van der Waals surface area contributed by atoms with E-state index in [1.54, 1.807) is 14.2 Å². The van der Waals surface area contributed by atoms with Crippen molar-refractivity contribution in [1.29, 1.82) is 0 Å². The van der Waals surface area contributed by atoms with Gasteiger partial charge in [-0.3, -0.25) is 0 Å². The molecular weight excluding hydrogens is 240 g/mol. The maximum absolute atomic E-state index is 5.41. The lowest BCUT2D eigenvalue weighted by molar-refractivity contribution is 0.354. The summed E-state index contributed by atoms with van der Waals surface area (Å²) in [6.45, 7) is 1.06. The number of methoxy groups -OCH3 is 2. The van der Waals surface area contributed by atoms with Crippen LogP contribution in [-0.2, 0) is 0 Å². The fourth-order valence-electron chi connectivity index (χ4n) is 3.48. The third-order valence-corrected chi connectivity index (χ3v) is 4.41. The number of anilines is 2. The first-order chi connectivity index (χ1) is 9.17. The molecular formula is C15H22N2O2. The van der Waals surface area contributed by atoms with Crippen LogP contribution in [0.4, 0.5) is 11.4 Å². The highest BCUT2D eigenvalue weighted by atomic mass is 16.5. The first-order valence-electron chi connectivity index (χ1n) is 6.93. The van der Waals surface area contributed by atoms with Crippen LogP contribution in [0.3, 0.4) is 0 Å². The molecule has 3 rings (SSSR count). The second kappa shape index (κ2) is 4.51. The summed E-state index contributed by atoms with van der Waals surface area (Å²) >= 11 is 0. The van der Waals surface area contributed by atoms with E-state index in [0.717, 1.165) is 23.7 Å². The summed E-state index contributed by atoms with van der Waals surface area (Å²) < 4.78 is 10.8. The molecule has 1 N–H and O–H groups in total. The number of rotatable bonds is 2.